The van der Waals surface area contributed by atoms with Crippen molar-refractivity contribution in [3.05, 3.63) is 47.7 Å². The van der Waals surface area contributed by atoms with Crippen LogP contribution >= 0.6 is 10.7 Å². The van der Waals surface area contributed by atoms with E-state index in [-0.39, 0.29) is 10.8 Å². The lowest BCUT2D eigenvalue weighted by molar-refractivity contribution is 0.444. The number of pyridine rings is 1. The van der Waals surface area contributed by atoms with Gasteiger partial charge in [-0.1, -0.05) is 12.1 Å². The largest absolute Gasteiger partial charge is 0.437 e. The highest BCUT2D eigenvalue weighted by molar-refractivity contribution is 8.13. The molecule has 0 aliphatic carbocycles. The Morgan fingerprint density at radius 1 is 1.16 bits per heavy atom. The minimum absolute atomic E-state index is 0.0220. The first kappa shape index (κ1) is 13.8. The number of ether oxygens (including phenoxy) is 1. The highest BCUT2D eigenvalue weighted by Gasteiger charge is 2.18. The molecule has 0 saturated carbocycles. The molecule has 1 aromatic carbocycles. The number of benzene rings is 1. The Kier molecular flexibility index (Phi) is 3.78. The fourth-order valence-corrected chi connectivity index (χ4v) is 2.47. The van der Waals surface area contributed by atoms with Gasteiger partial charge in [-0.2, -0.15) is 0 Å². The van der Waals surface area contributed by atoms with Crippen LogP contribution in [-0.2, 0) is 9.05 Å². The number of nitrogens with zero attached hydrogens (tertiary/aromatic N) is 1. The first-order valence-corrected chi connectivity index (χ1v) is 7.84. The van der Waals surface area contributed by atoms with Crippen LogP contribution in [0.3, 0.4) is 0 Å². The van der Waals surface area contributed by atoms with E-state index in [9.17, 15) is 8.42 Å². The third-order valence-corrected chi connectivity index (χ3v) is 4.10. The number of rotatable bonds is 3. The van der Waals surface area contributed by atoms with Crippen LogP contribution in [0.1, 0.15) is 11.1 Å². The maximum Gasteiger partial charge on any atom is 0.266 e. The van der Waals surface area contributed by atoms with E-state index >= 15 is 0 Å². The lowest BCUT2D eigenvalue weighted by Crippen LogP contribution is -1.99. The van der Waals surface area contributed by atoms with Crippen molar-refractivity contribution >= 4 is 19.7 Å². The highest BCUT2D eigenvalue weighted by Crippen LogP contribution is 2.31. The lowest BCUT2D eigenvalue weighted by Gasteiger charge is -2.11. The molecule has 0 bridgehead atoms. The van der Waals surface area contributed by atoms with Crippen molar-refractivity contribution in [3.63, 3.8) is 0 Å². The minimum Gasteiger partial charge on any atom is -0.437 e. The lowest BCUT2D eigenvalue weighted by atomic mass is 10.1. The van der Waals surface area contributed by atoms with Crippen molar-refractivity contribution in [2.75, 3.05) is 0 Å². The molecule has 0 amide bonds. The van der Waals surface area contributed by atoms with E-state index < -0.39 is 9.05 Å². The summed E-state index contributed by atoms with van der Waals surface area (Å²) >= 11 is 0. The van der Waals surface area contributed by atoms with Crippen LogP contribution in [0, 0.1) is 13.8 Å². The molecule has 0 spiro atoms. The molecular weight excluding hydrogens is 286 g/mol. The van der Waals surface area contributed by atoms with Gasteiger partial charge in [-0.15, -0.1) is 0 Å². The molecule has 0 atom stereocenters. The van der Waals surface area contributed by atoms with E-state index in [0.717, 1.165) is 11.1 Å². The normalized spacial score (nSPS) is 11.3. The van der Waals surface area contributed by atoms with Gasteiger partial charge in [-0.05, 0) is 43.2 Å². The van der Waals surface area contributed by atoms with E-state index in [1.165, 1.54) is 18.3 Å². The molecule has 2 rings (SSSR count). The average molecular weight is 298 g/mol. The molecule has 0 saturated heterocycles. The highest BCUT2D eigenvalue weighted by atomic mass is 35.7. The standard InChI is InChI=1S/C13H12ClNO3S/c1-9-5-3-6-11(10(9)2)18-13-12(19(14,16)17)7-4-8-15-13/h3-8H,1-2H3. The summed E-state index contributed by atoms with van der Waals surface area (Å²) in [6.07, 6.45) is 1.45. The number of hydrogen-bond acceptors (Lipinski definition) is 4. The monoisotopic (exact) mass is 297 g/mol. The summed E-state index contributed by atoms with van der Waals surface area (Å²) in [5.41, 5.74) is 1.97. The Balaban J connectivity index is 2.48. The molecule has 6 heteroatoms. The fourth-order valence-electron chi connectivity index (χ4n) is 1.58. The maximum atomic E-state index is 11.4. The summed E-state index contributed by atoms with van der Waals surface area (Å²) in [5, 5.41) is 0. The van der Waals surface area contributed by atoms with E-state index in [0.29, 0.717) is 5.75 Å². The predicted molar refractivity (Wildman–Crippen MR) is 73.3 cm³/mol. The molecule has 0 N–H and O–H groups in total. The molecule has 0 unspecified atom stereocenters. The predicted octanol–water partition coefficient (Wildman–Crippen LogP) is 3.42. The Labute approximate surface area is 116 Å². The molecule has 0 radical (unpaired) electrons. The molecule has 1 aromatic heterocycles. The van der Waals surface area contributed by atoms with Gasteiger partial charge in [-0.25, -0.2) is 13.4 Å². The van der Waals surface area contributed by atoms with E-state index in [1.54, 1.807) is 6.07 Å². The van der Waals surface area contributed by atoms with Crippen LogP contribution in [0.25, 0.3) is 0 Å². The van der Waals surface area contributed by atoms with Gasteiger partial charge in [-0.3, -0.25) is 0 Å². The van der Waals surface area contributed by atoms with Gasteiger partial charge in [0, 0.05) is 16.9 Å². The van der Waals surface area contributed by atoms with Crippen molar-refractivity contribution in [1.82, 2.24) is 4.98 Å². The summed E-state index contributed by atoms with van der Waals surface area (Å²) in [6, 6.07) is 8.37. The van der Waals surface area contributed by atoms with Gasteiger partial charge >= 0.3 is 0 Å². The summed E-state index contributed by atoms with van der Waals surface area (Å²) in [5.74, 6) is 0.534. The number of aromatic nitrogens is 1. The quantitative estimate of drug-likeness (QED) is 0.815. The minimum atomic E-state index is -3.89. The average Bonchev–Trinajstić information content (AvgIpc) is 2.34. The molecule has 19 heavy (non-hydrogen) atoms. The van der Waals surface area contributed by atoms with Gasteiger partial charge in [0.25, 0.3) is 9.05 Å². The third kappa shape index (κ3) is 3.05. The van der Waals surface area contributed by atoms with Crippen LogP contribution in [0.15, 0.2) is 41.4 Å². The van der Waals surface area contributed by atoms with Gasteiger partial charge in [0.05, 0.1) is 0 Å². The molecule has 0 fully saturated rings. The van der Waals surface area contributed by atoms with Crippen LogP contribution in [0.5, 0.6) is 11.6 Å². The topological polar surface area (TPSA) is 56.3 Å². The summed E-state index contributed by atoms with van der Waals surface area (Å²) in [6.45, 7) is 3.84. The Hall–Kier alpha value is -1.59. The molecular formula is C13H12ClNO3S. The zero-order valence-electron chi connectivity index (χ0n) is 10.4. The van der Waals surface area contributed by atoms with E-state index in [1.807, 2.05) is 26.0 Å². The Morgan fingerprint density at radius 3 is 2.58 bits per heavy atom. The molecule has 1 heterocycles. The van der Waals surface area contributed by atoms with Crippen molar-refractivity contribution in [1.29, 1.82) is 0 Å². The molecule has 2 aromatic rings. The fraction of sp³-hybridized carbons (Fsp3) is 0.154. The Bertz CT molecular complexity index is 714. The molecule has 0 aliphatic rings. The second kappa shape index (κ2) is 5.19. The maximum absolute atomic E-state index is 11.4. The second-order valence-corrected chi connectivity index (χ2v) is 6.58. The Morgan fingerprint density at radius 2 is 1.89 bits per heavy atom. The van der Waals surface area contributed by atoms with Crippen LogP contribution in [0.4, 0.5) is 0 Å². The zero-order chi connectivity index (χ0) is 14.0. The zero-order valence-corrected chi connectivity index (χ0v) is 12.0. The van der Waals surface area contributed by atoms with Crippen LogP contribution in [0.2, 0.25) is 0 Å². The van der Waals surface area contributed by atoms with Gasteiger partial charge in [0.15, 0.2) is 0 Å². The van der Waals surface area contributed by atoms with Crippen LogP contribution < -0.4 is 4.74 Å². The summed E-state index contributed by atoms with van der Waals surface area (Å²) < 4.78 is 28.5. The number of hydrogen-bond donors (Lipinski definition) is 0. The van der Waals surface area contributed by atoms with E-state index in [2.05, 4.69) is 4.98 Å². The third-order valence-electron chi connectivity index (χ3n) is 2.76. The first-order valence-electron chi connectivity index (χ1n) is 5.53. The molecule has 0 aliphatic heterocycles. The second-order valence-electron chi connectivity index (χ2n) is 4.04. The van der Waals surface area contributed by atoms with E-state index in [4.69, 9.17) is 15.4 Å². The van der Waals surface area contributed by atoms with Gasteiger partial charge in [0.1, 0.15) is 10.6 Å². The van der Waals surface area contributed by atoms with Crippen molar-refractivity contribution in [3.8, 4) is 11.6 Å². The van der Waals surface area contributed by atoms with Crippen molar-refractivity contribution in [2.24, 2.45) is 0 Å². The summed E-state index contributed by atoms with van der Waals surface area (Å²) in [7, 11) is 1.46. The molecule has 4 nitrogen and oxygen atoms in total. The smallest absolute Gasteiger partial charge is 0.266 e. The van der Waals surface area contributed by atoms with Crippen molar-refractivity contribution in [2.45, 2.75) is 18.7 Å². The molecule has 100 valence electrons. The van der Waals surface area contributed by atoms with Crippen molar-refractivity contribution < 1.29 is 13.2 Å². The van der Waals surface area contributed by atoms with Gasteiger partial charge < -0.3 is 4.74 Å². The first-order chi connectivity index (χ1) is 8.89. The van der Waals surface area contributed by atoms with Crippen LogP contribution in [-0.4, -0.2) is 13.4 Å². The van der Waals surface area contributed by atoms with Gasteiger partial charge in [0.2, 0.25) is 5.88 Å². The number of aryl methyl sites for hydroxylation is 1. The number of halogens is 1. The SMILES string of the molecule is Cc1cccc(Oc2ncccc2S(=O)(=O)Cl)c1C. The summed E-state index contributed by atoms with van der Waals surface area (Å²) in [4.78, 5) is 3.78.